The van der Waals surface area contributed by atoms with Gasteiger partial charge in [-0.05, 0) is 12.8 Å². The van der Waals surface area contributed by atoms with Crippen LogP contribution in [0.4, 0.5) is 0 Å². The van der Waals surface area contributed by atoms with Crippen LogP contribution in [-0.2, 0) is 0 Å². The molecular formula is C9H13N3O. The van der Waals surface area contributed by atoms with Crippen LogP contribution in [0.2, 0.25) is 0 Å². The monoisotopic (exact) mass is 179 g/mol. The molecule has 4 nitrogen and oxygen atoms in total. The van der Waals surface area contributed by atoms with E-state index in [1.807, 2.05) is 0 Å². The number of nitrogens with zero attached hydrogens (tertiary/aromatic N) is 1. The lowest BCUT2D eigenvalue weighted by atomic mass is 10.1. The van der Waals surface area contributed by atoms with Crippen molar-refractivity contribution in [2.24, 2.45) is 5.73 Å². The zero-order valence-corrected chi connectivity index (χ0v) is 7.42. The minimum absolute atomic E-state index is 0.280. The van der Waals surface area contributed by atoms with Gasteiger partial charge in [0.25, 0.3) is 5.91 Å². The van der Waals surface area contributed by atoms with Crippen molar-refractivity contribution >= 4 is 5.91 Å². The number of carbonyl (C=O) groups excluding carboxylic acids is 1. The Morgan fingerprint density at radius 3 is 2.77 bits per heavy atom. The fraction of sp³-hybridized carbons (Fsp3) is 0.556. The Bertz CT molecular complexity index is 312. The Balaban J connectivity index is 2.16. The van der Waals surface area contributed by atoms with Gasteiger partial charge in [-0.3, -0.25) is 4.79 Å². The molecule has 4 heteroatoms. The summed E-state index contributed by atoms with van der Waals surface area (Å²) in [6.07, 6.45) is 6.70. The van der Waals surface area contributed by atoms with Gasteiger partial charge in [-0.25, -0.2) is 4.98 Å². The number of aromatic nitrogens is 2. The number of carbonyl (C=O) groups is 1. The maximum atomic E-state index is 10.8. The first-order valence-corrected chi connectivity index (χ1v) is 4.62. The highest BCUT2D eigenvalue weighted by molar-refractivity contribution is 5.88. The Morgan fingerprint density at radius 2 is 2.23 bits per heavy atom. The lowest BCUT2D eigenvalue weighted by Gasteiger charge is -2.02. The fourth-order valence-electron chi connectivity index (χ4n) is 1.89. The molecule has 3 N–H and O–H groups in total. The summed E-state index contributed by atoms with van der Waals surface area (Å²) in [4.78, 5) is 17.7. The molecule has 1 saturated carbocycles. The molecule has 1 fully saturated rings. The van der Waals surface area contributed by atoms with E-state index >= 15 is 0 Å². The van der Waals surface area contributed by atoms with E-state index in [4.69, 9.17) is 5.73 Å². The lowest BCUT2D eigenvalue weighted by molar-refractivity contribution is 0.0991. The van der Waals surface area contributed by atoms with Gasteiger partial charge >= 0.3 is 0 Å². The number of hydrogen-bond acceptors (Lipinski definition) is 2. The first kappa shape index (κ1) is 8.29. The van der Waals surface area contributed by atoms with Crippen molar-refractivity contribution in [2.45, 2.75) is 31.6 Å². The summed E-state index contributed by atoms with van der Waals surface area (Å²) >= 11 is 0. The van der Waals surface area contributed by atoms with E-state index < -0.39 is 5.91 Å². The third-order valence-corrected chi connectivity index (χ3v) is 2.60. The van der Waals surface area contributed by atoms with Gasteiger partial charge in [-0.2, -0.15) is 0 Å². The second-order valence-electron chi connectivity index (χ2n) is 3.52. The number of primary amides is 1. The van der Waals surface area contributed by atoms with E-state index in [0.29, 0.717) is 5.92 Å². The van der Waals surface area contributed by atoms with Gasteiger partial charge in [0, 0.05) is 12.1 Å². The summed E-state index contributed by atoms with van der Waals surface area (Å²) in [6, 6.07) is 0. The van der Waals surface area contributed by atoms with E-state index in [9.17, 15) is 4.79 Å². The molecule has 0 saturated heterocycles. The third-order valence-electron chi connectivity index (χ3n) is 2.60. The second-order valence-corrected chi connectivity index (χ2v) is 3.52. The van der Waals surface area contributed by atoms with Gasteiger partial charge in [-0.1, -0.05) is 12.8 Å². The molecule has 2 rings (SSSR count). The van der Waals surface area contributed by atoms with E-state index in [-0.39, 0.29) is 5.82 Å². The molecule has 0 aliphatic heterocycles. The van der Waals surface area contributed by atoms with Crippen molar-refractivity contribution in [1.29, 1.82) is 0 Å². The zero-order chi connectivity index (χ0) is 9.26. The molecule has 0 atom stereocenters. The number of imidazole rings is 1. The van der Waals surface area contributed by atoms with Crippen LogP contribution in [0.25, 0.3) is 0 Å². The lowest BCUT2D eigenvalue weighted by Crippen LogP contribution is -2.12. The summed E-state index contributed by atoms with van der Waals surface area (Å²) in [5.41, 5.74) is 6.09. The highest BCUT2D eigenvalue weighted by atomic mass is 16.1. The van der Waals surface area contributed by atoms with Crippen LogP contribution in [0.15, 0.2) is 6.20 Å². The minimum atomic E-state index is -0.482. The van der Waals surface area contributed by atoms with Crippen LogP contribution in [-0.4, -0.2) is 15.9 Å². The Hall–Kier alpha value is -1.32. The van der Waals surface area contributed by atoms with Crippen molar-refractivity contribution in [1.82, 2.24) is 9.97 Å². The molecular weight excluding hydrogens is 166 g/mol. The van der Waals surface area contributed by atoms with Crippen LogP contribution in [0, 0.1) is 0 Å². The van der Waals surface area contributed by atoms with E-state index in [0.717, 1.165) is 5.69 Å². The topological polar surface area (TPSA) is 71.8 Å². The number of rotatable bonds is 2. The van der Waals surface area contributed by atoms with Gasteiger partial charge in [-0.15, -0.1) is 0 Å². The van der Waals surface area contributed by atoms with Gasteiger partial charge < -0.3 is 10.7 Å². The number of hydrogen-bond donors (Lipinski definition) is 2. The van der Waals surface area contributed by atoms with E-state index in [1.54, 1.807) is 6.20 Å². The van der Waals surface area contributed by atoms with Gasteiger partial charge in [0.05, 0.1) is 5.69 Å². The van der Waals surface area contributed by atoms with Crippen LogP contribution in [0.1, 0.15) is 47.9 Å². The fourth-order valence-corrected chi connectivity index (χ4v) is 1.89. The van der Waals surface area contributed by atoms with E-state index in [2.05, 4.69) is 9.97 Å². The maximum Gasteiger partial charge on any atom is 0.284 e. The first-order chi connectivity index (χ1) is 6.27. The average Bonchev–Trinajstić information content (AvgIpc) is 2.75. The molecule has 0 aromatic carbocycles. The SMILES string of the molecule is NC(=O)c1nc(C2CCCC2)c[nH]1. The molecule has 0 bridgehead atoms. The molecule has 1 aromatic heterocycles. The van der Waals surface area contributed by atoms with Crippen LogP contribution >= 0.6 is 0 Å². The Morgan fingerprint density at radius 1 is 1.54 bits per heavy atom. The van der Waals surface area contributed by atoms with Gasteiger partial charge in [0.2, 0.25) is 0 Å². The van der Waals surface area contributed by atoms with Crippen molar-refractivity contribution in [3.63, 3.8) is 0 Å². The number of H-pyrrole nitrogens is 1. The predicted molar refractivity (Wildman–Crippen MR) is 48.3 cm³/mol. The van der Waals surface area contributed by atoms with Crippen LogP contribution < -0.4 is 5.73 Å². The quantitative estimate of drug-likeness (QED) is 0.715. The predicted octanol–water partition coefficient (Wildman–Crippen LogP) is 1.17. The molecule has 0 spiro atoms. The molecule has 13 heavy (non-hydrogen) atoms. The van der Waals surface area contributed by atoms with Crippen LogP contribution in [0.3, 0.4) is 0 Å². The largest absolute Gasteiger partial charge is 0.363 e. The first-order valence-electron chi connectivity index (χ1n) is 4.62. The third kappa shape index (κ3) is 1.56. The number of amides is 1. The molecule has 1 aromatic rings. The summed E-state index contributed by atoms with van der Waals surface area (Å²) in [7, 11) is 0. The number of nitrogens with two attached hydrogens (primary N) is 1. The number of nitrogens with one attached hydrogen (secondary N) is 1. The molecule has 0 unspecified atom stereocenters. The summed E-state index contributed by atoms with van der Waals surface area (Å²) < 4.78 is 0. The van der Waals surface area contributed by atoms with Crippen molar-refractivity contribution in [3.05, 3.63) is 17.7 Å². The maximum absolute atomic E-state index is 10.8. The van der Waals surface area contributed by atoms with Crippen molar-refractivity contribution < 1.29 is 4.79 Å². The van der Waals surface area contributed by atoms with E-state index in [1.165, 1.54) is 25.7 Å². The Labute approximate surface area is 76.5 Å². The Kier molecular flexibility index (Phi) is 2.04. The average molecular weight is 179 g/mol. The minimum Gasteiger partial charge on any atom is -0.363 e. The number of aromatic amines is 1. The highest BCUT2D eigenvalue weighted by Gasteiger charge is 2.20. The second kappa shape index (κ2) is 3.20. The van der Waals surface area contributed by atoms with Crippen molar-refractivity contribution in [2.75, 3.05) is 0 Å². The molecule has 1 amide bonds. The normalized spacial score (nSPS) is 17.8. The summed E-state index contributed by atoms with van der Waals surface area (Å²) in [5.74, 6) is 0.329. The van der Waals surface area contributed by atoms with Gasteiger partial charge in [0.15, 0.2) is 5.82 Å². The van der Waals surface area contributed by atoms with Crippen molar-refractivity contribution in [3.8, 4) is 0 Å². The highest BCUT2D eigenvalue weighted by Crippen LogP contribution is 2.32. The molecule has 1 heterocycles. The van der Waals surface area contributed by atoms with Crippen LogP contribution in [0.5, 0.6) is 0 Å². The summed E-state index contributed by atoms with van der Waals surface area (Å²) in [6.45, 7) is 0. The molecule has 1 aliphatic carbocycles. The molecule has 70 valence electrons. The molecule has 0 radical (unpaired) electrons. The smallest absolute Gasteiger partial charge is 0.284 e. The van der Waals surface area contributed by atoms with Gasteiger partial charge in [0.1, 0.15) is 0 Å². The standard InChI is InChI=1S/C9H13N3O/c10-8(13)9-11-5-7(12-9)6-3-1-2-4-6/h5-6H,1-4H2,(H2,10,13)(H,11,12). The summed E-state index contributed by atoms with van der Waals surface area (Å²) in [5, 5.41) is 0. The zero-order valence-electron chi connectivity index (χ0n) is 7.42. The molecule has 1 aliphatic rings.